The van der Waals surface area contributed by atoms with Crippen molar-refractivity contribution in [1.29, 1.82) is 0 Å². The monoisotopic (exact) mass is 609 g/mol. The molecule has 0 saturated carbocycles. The Morgan fingerprint density at radius 2 is 0.609 bits per heavy atom. The highest BCUT2D eigenvalue weighted by Gasteiger charge is 2.17. The Hall–Kier alpha value is -5.45. The van der Waals surface area contributed by atoms with Crippen LogP contribution in [0, 0.1) is 0 Å². The predicted molar refractivity (Wildman–Crippen MR) is 195 cm³/mol. The first kappa shape index (κ1) is 29.3. The van der Waals surface area contributed by atoms with Crippen molar-refractivity contribution in [1.82, 2.24) is 15.0 Å². The van der Waals surface area contributed by atoms with Crippen LogP contribution in [0.4, 0.5) is 0 Å². The molecule has 0 aliphatic heterocycles. The minimum atomic E-state index is -1.34. The fourth-order valence-corrected chi connectivity index (χ4v) is 6.89. The molecule has 0 aliphatic carbocycles. The lowest BCUT2D eigenvalue weighted by atomic mass is 9.93. The molecule has 0 fully saturated rings. The molecule has 46 heavy (non-hydrogen) atoms. The molecule has 0 bridgehead atoms. The van der Waals surface area contributed by atoms with Crippen molar-refractivity contribution in [3.63, 3.8) is 0 Å². The van der Waals surface area contributed by atoms with Crippen LogP contribution >= 0.6 is 0 Å². The zero-order valence-electron chi connectivity index (χ0n) is 26.4. The van der Waals surface area contributed by atoms with Crippen molar-refractivity contribution in [2.75, 3.05) is 0 Å². The normalized spacial score (nSPS) is 11.4. The first-order valence-electron chi connectivity index (χ1n) is 15.7. The van der Waals surface area contributed by atoms with Crippen LogP contribution in [0.5, 0.6) is 0 Å². The number of nitrogens with zero attached hydrogens (tertiary/aromatic N) is 3. The van der Waals surface area contributed by atoms with E-state index in [4.69, 9.17) is 15.0 Å². The lowest BCUT2D eigenvalue weighted by Gasteiger charge is -2.17. The third-order valence-corrected chi connectivity index (χ3v) is 10.4. The SMILES string of the molecule is C[Si](C)(C)c1ccc(-c2ccccc2-c2ccc(-c3ccc(-c4nc(-c5ccccc5)nc(-c5ccccc5)n4)cc3)cc2)cc1. The molecule has 0 aliphatic rings. The van der Waals surface area contributed by atoms with Gasteiger partial charge in [-0.15, -0.1) is 0 Å². The van der Waals surface area contributed by atoms with E-state index < -0.39 is 8.07 Å². The molecule has 1 heterocycles. The van der Waals surface area contributed by atoms with Gasteiger partial charge in [0.2, 0.25) is 0 Å². The second-order valence-electron chi connectivity index (χ2n) is 12.6. The molecule has 0 N–H and O–H groups in total. The maximum atomic E-state index is 4.88. The van der Waals surface area contributed by atoms with Crippen molar-refractivity contribution < 1.29 is 0 Å². The Balaban J connectivity index is 1.17. The van der Waals surface area contributed by atoms with Gasteiger partial charge in [-0.25, -0.2) is 15.0 Å². The van der Waals surface area contributed by atoms with E-state index in [1.54, 1.807) is 0 Å². The molecule has 3 nitrogen and oxygen atoms in total. The van der Waals surface area contributed by atoms with Crippen LogP contribution in [0.15, 0.2) is 158 Å². The molecule has 0 radical (unpaired) electrons. The quantitative estimate of drug-likeness (QED) is 0.169. The van der Waals surface area contributed by atoms with Gasteiger partial charge in [0.1, 0.15) is 0 Å². The van der Waals surface area contributed by atoms with E-state index in [0.717, 1.165) is 27.8 Å². The van der Waals surface area contributed by atoms with Crippen LogP contribution in [0.1, 0.15) is 0 Å². The minimum Gasteiger partial charge on any atom is -0.208 e. The van der Waals surface area contributed by atoms with Gasteiger partial charge in [0.15, 0.2) is 17.5 Å². The number of benzene rings is 6. The third-order valence-electron chi connectivity index (χ3n) is 8.36. The summed E-state index contributed by atoms with van der Waals surface area (Å²) in [7, 11) is -1.34. The van der Waals surface area contributed by atoms with E-state index in [9.17, 15) is 0 Å². The molecule has 6 aromatic carbocycles. The number of hydrogen-bond acceptors (Lipinski definition) is 3. The Morgan fingerprint density at radius 1 is 0.304 bits per heavy atom. The van der Waals surface area contributed by atoms with E-state index in [2.05, 4.69) is 117 Å². The molecule has 0 unspecified atom stereocenters. The first-order chi connectivity index (χ1) is 22.4. The van der Waals surface area contributed by atoms with Gasteiger partial charge in [0.05, 0.1) is 8.07 Å². The maximum absolute atomic E-state index is 4.88. The summed E-state index contributed by atoms with van der Waals surface area (Å²) in [6.45, 7) is 7.17. The van der Waals surface area contributed by atoms with Crippen molar-refractivity contribution >= 4 is 13.3 Å². The molecular formula is C42H35N3Si. The van der Waals surface area contributed by atoms with Gasteiger partial charge in [0.25, 0.3) is 0 Å². The topological polar surface area (TPSA) is 38.7 Å². The molecule has 1 aromatic heterocycles. The van der Waals surface area contributed by atoms with E-state index in [0.29, 0.717) is 17.5 Å². The second-order valence-corrected chi connectivity index (χ2v) is 17.6. The zero-order valence-corrected chi connectivity index (χ0v) is 27.4. The lowest BCUT2D eigenvalue weighted by molar-refractivity contribution is 1.07. The molecule has 7 rings (SSSR count). The van der Waals surface area contributed by atoms with Gasteiger partial charge in [-0.1, -0.05) is 183 Å². The summed E-state index contributed by atoms with van der Waals surface area (Å²) in [6.07, 6.45) is 0. The van der Waals surface area contributed by atoms with Gasteiger partial charge in [-0.3, -0.25) is 0 Å². The number of aromatic nitrogens is 3. The fourth-order valence-electron chi connectivity index (χ4n) is 5.73. The molecule has 0 amide bonds. The fraction of sp³-hybridized carbons (Fsp3) is 0.0714. The second kappa shape index (κ2) is 12.5. The van der Waals surface area contributed by atoms with E-state index >= 15 is 0 Å². The van der Waals surface area contributed by atoms with Gasteiger partial charge in [-0.2, -0.15) is 0 Å². The van der Waals surface area contributed by atoms with Crippen LogP contribution in [0.3, 0.4) is 0 Å². The molecule has 7 aromatic rings. The summed E-state index contributed by atoms with van der Waals surface area (Å²) in [6, 6.07) is 55.4. The summed E-state index contributed by atoms with van der Waals surface area (Å²) in [4.78, 5) is 14.6. The van der Waals surface area contributed by atoms with Crippen LogP contribution in [0.2, 0.25) is 19.6 Å². The van der Waals surface area contributed by atoms with Crippen molar-refractivity contribution in [3.05, 3.63) is 158 Å². The van der Waals surface area contributed by atoms with Crippen molar-refractivity contribution in [2.24, 2.45) is 0 Å². The summed E-state index contributed by atoms with van der Waals surface area (Å²) in [5.41, 5.74) is 10.1. The minimum absolute atomic E-state index is 0.657. The van der Waals surface area contributed by atoms with E-state index in [1.807, 2.05) is 60.7 Å². The predicted octanol–water partition coefficient (Wildman–Crippen LogP) is 10.4. The van der Waals surface area contributed by atoms with Crippen molar-refractivity contribution in [2.45, 2.75) is 19.6 Å². The Morgan fingerprint density at radius 3 is 1.00 bits per heavy atom. The smallest absolute Gasteiger partial charge is 0.164 e. The van der Waals surface area contributed by atoms with Crippen LogP contribution in [-0.2, 0) is 0 Å². The van der Waals surface area contributed by atoms with Crippen LogP contribution in [0.25, 0.3) is 67.5 Å². The summed E-state index contributed by atoms with van der Waals surface area (Å²) in [5.74, 6) is 1.98. The van der Waals surface area contributed by atoms with E-state index in [1.165, 1.54) is 27.4 Å². The summed E-state index contributed by atoms with van der Waals surface area (Å²) >= 11 is 0. The average molecular weight is 610 g/mol. The van der Waals surface area contributed by atoms with E-state index in [-0.39, 0.29) is 0 Å². The zero-order chi connectivity index (χ0) is 31.5. The van der Waals surface area contributed by atoms with Gasteiger partial charge in [0, 0.05) is 16.7 Å². The molecule has 0 atom stereocenters. The molecule has 0 saturated heterocycles. The van der Waals surface area contributed by atoms with Gasteiger partial charge < -0.3 is 0 Å². The van der Waals surface area contributed by atoms with Gasteiger partial charge >= 0.3 is 0 Å². The Labute approximate surface area is 272 Å². The Bertz CT molecular complexity index is 2020. The van der Waals surface area contributed by atoms with Crippen LogP contribution in [-0.4, -0.2) is 23.0 Å². The molecule has 4 heteroatoms. The molecule has 0 spiro atoms. The highest BCUT2D eigenvalue weighted by molar-refractivity contribution is 6.88. The highest BCUT2D eigenvalue weighted by Crippen LogP contribution is 2.34. The largest absolute Gasteiger partial charge is 0.208 e. The maximum Gasteiger partial charge on any atom is 0.164 e. The third kappa shape index (κ3) is 6.21. The summed E-state index contributed by atoms with van der Waals surface area (Å²) in [5, 5.41) is 1.48. The molecular weight excluding hydrogens is 575 g/mol. The lowest BCUT2D eigenvalue weighted by Crippen LogP contribution is -2.37. The van der Waals surface area contributed by atoms with Gasteiger partial charge in [-0.05, 0) is 33.4 Å². The van der Waals surface area contributed by atoms with Crippen LogP contribution < -0.4 is 5.19 Å². The first-order valence-corrected chi connectivity index (χ1v) is 19.2. The van der Waals surface area contributed by atoms with Crippen molar-refractivity contribution in [3.8, 4) is 67.5 Å². The number of rotatable bonds is 7. The average Bonchev–Trinajstić information content (AvgIpc) is 3.12. The molecule has 222 valence electrons. The highest BCUT2D eigenvalue weighted by atomic mass is 28.3. The Kier molecular flexibility index (Phi) is 7.96. The standard InChI is InChI=1S/C42H35N3Si/c1-46(2,3)37-28-26-33(27-29-37)39-17-11-10-16-38(39)32-22-18-30(19-23-32)31-20-24-36(25-21-31)42-44-40(34-12-6-4-7-13-34)43-41(45-42)35-14-8-5-9-15-35/h4-29H,1-3H3. The number of hydrogen-bond donors (Lipinski definition) is 0. The summed E-state index contributed by atoms with van der Waals surface area (Å²) < 4.78 is 0.